The summed E-state index contributed by atoms with van der Waals surface area (Å²) in [7, 11) is 0. The molecule has 2 aromatic rings. The second-order valence-corrected chi connectivity index (χ2v) is 8.54. The summed E-state index contributed by atoms with van der Waals surface area (Å²) in [6.45, 7) is 3.45. The van der Waals surface area contributed by atoms with E-state index in [1.54, 1.807) is 0 Å². The number of benzene rings is 1. The van der Waals surface area contributed by atoms with Gasteiger partial charge in [0.25, 0.3) is 0 Å². The van der Waals surface area contributed by atoms with Gasteiger partial charge in [0.15, 0.2) is 0 Å². The first-order valence-electron chi connectivity index (χ1n) is 9.52. The smallest absolute Gasteiger partial charge is 0.236 e. The molecule has 0 radical (unpaired) electrons. The van der Waals surface area contributed by atoms with E-state index in [1.165, 1.54) is 42.2 Å². The van der Waals surface area contributed by atoms with Crippen molar-refractivity contribution < 1.29 is 4.79 Å². The summed E-state index contributed by atoms with van der Waals surface area (Å²) >= 11 is 1.49. The fourth-order valence-electron chi connectivity index (χ4n) is 3.97. The molecule has 1 aliphatic heterocycles. The number of carbonyl (C=O) groups is 1. The van der Waals surface area contributed by atoms with Crippen LogP contribution in [0.15, 0.2) is 29.4 Å². The highest BCUT2D eigenvalue weighted by Crippen LogP contribution is 2.32. The molecule has 1 saturated carbocycles. The minimum Gasteiger partial charge on any atom is -0.337 e. The van der Waals surface area contributed by atoms with Gasteiger partial charge in [-0.2, -0.15) is 0 Å². The van der Waals surface area contributed by atoms with Crippen LogP contribution in [0.3, 0.4) is 0 Å². The molecule has 1 aromatic carbocycles. The first-order valence-corrected chi connectivity index (χ1v) is 10.4. The molecule has 6 nitrogen and oxygen atoms in total. The predicted molar refractivity (Wildman–Crippen MR) is 101 cm³/mol. The van der Waals surface area contributed by atoms with Crippen LogP contribution in [0.2, 0.25) is 0 Å². The molecule has 2 aliphatic rings. The molecule has 1 fully saturated rings. The molecule has 26 heavy (non-hydrogen) atoms. The van der Waals surface area contributed by atoms with E-state index in [0.717, 1.165) is 31.0 Å². The molecule has 1 amide bonds. The molecule has 4 rings (SSSR count). The highest BCUT2D eigenvalue weighted by atomic mass is 32.2. The number of hydrogen-bond donors (Lipinski definition) is 0. The molecule has 1 unspecified atom stereocenters. The maximum absolute atomic E-state index is 12.9. The van der Waals surface area contributed by atoms with Gasteiger partial charge in [0, 0.05) is 13.1 Å². The molecule has 7 heteroatoms. The topological polar surface area (TPSA) is 63.9 Å². The number of amides is 1. The molecule has 0 bridgehead atoms. The van der Waals surface area contributed by atoms with E-state index in [1.807, 2.05) is 22.6 Å². The largest absolute Gasteiger partial charge is 0.337 e. The zero-order valence-corrected chi connectivity index (χ0v) is 16.0. The Morgan fingerprint density at radius 1 is 1.19 bits per heavy atom. The van der Waals surface area contributed by atoms with E-state index in [0.29, 0.717) is 12.6 Å². The van der Waals surface area contributed by atoms with Crippen molar-refractivity contribution in [3.05, 3.63) is 35.4 Å². The van der Waals surface area contributed by atoms with Crippen molar-refractivity contribution in [3.63, 3.8) is 0 Å². The van der Waals surface area contributed by atoms with Crippen LogP contribution in [0.5, 0.6) is 0 Å². The molecular weight excluding hydrogens is 346 g/mol. The monoisotopic (exact) mass is 371 g/mol. The van der Waals surface area contributed by atoms with Crippen LogP contribution in [0.1, 0.15) is 56.2 Å². The second-order valence-electron chi connectivity index (χ2n) is 7.24. The van der Waals surface area contributed by atoms with Gasteiger partial charge in [-0.05, 0) is 47.7 Å². The minimum atomic E-state index is -0.186. The molecule has 138 valence electrons. The Balaban J connectivity index is 1.42. The molecule has 0 saturated heterocycles. The fraction of sp³-hybridized carbons (Fsp3) is 0.579. The van der Waals surface area contributed by atoms with Crippen LogP contribution in [0.4, 0.5) is 0 Å². The molecular formula is C19H25N5OS. The fourth-order valence-corrected chi connectivity index (χ4v) is 4.91. The summed E-state index contributed by atoms with van der Waals surface area (Å²) in [5.41, 5.74) is 2.62. The Labute approximate surface area is 158 Å². The zero-order valence-electron chi connectivity index (χ0n) is 15.2. The summed E-state index contributed by atoms with van der Waals surface area (Å²) in [6, 6.07) is 8.78. The van der Waals surface area contributed by atoms with Crippen molar-refractivity contribution >= 4 is 17.7 Å². The lowest BCUT2D eigenvalue weighted by molar-refractivity contribution is -0.131. The van der Waals surface area contributed by atoms with E-state index in [4.69, 9.17) is 0 Å². The molecule has 1 aliphatic carbocycles. The number of hydrogen-bond acceptors (Lipinski definition) is 5. The number of thioether (sulfide) groups is 1. The number of carbonyl (C=O) groups excluding carboxylic acids is 1. The average molecular weight is 372 g/mol. The van der Waals surface area contributed by atoms with Gasteiger partial charge in [-0.15, -0.1) is 5.10 Å². The molecule has 2 heterocycles. The van der Waals surface area contributed by atoms with Crippen molar-refractivity contribution in [2.75, 3.05) is 6.54 Å². The summed E-state index contributed by atoms with van der Waals surface area (Å²) in [6.07, 6.45) is 6.95. The third-order valence-electron chi connectivity index (χ3n) is 5.46. The summed E-state index contributed by atoms with van der Waals surface area (Å²) in [5.74, 6) is 0.169. The van der Waals surface area contributed by atoms with Crippen LogP contribution >= 0.6 is 11.8 Å². The number of nitrogens with zero attached hydrogens (tertiary/aromatic N) is 5. The van der Waals surface area contributed by atoms with Gasteiger partial charge in [-0.25, -0.2) is 4.68 Å². The summed E-state index contributed by atoms with van der Waals surface area (Å²) < 4.78 is 1.94. The lowest BCUT2D eigenvalue weighted by atomic mass is 9.96. The van der Waals surface area contributed by atoms with Crippen molar-refractivity contribution in [3.8, 4) is 0 Å². The zero-order chi connectivity index (χ0) is 17.9. The molecule has 0 N–H and O–H groups in total. The van der Waals surface area contributed by atoms with Gasteiger partial charge in [0.1, 0.15) is 0 Å². The van der Waals surface area contributed by atoms with Crippen LogP contribution in [-0.4, -0.2) is 42.8 Å². The van der Waals surface area contributed by atoms with Crippen molar-refractivity contribution in [1.82, 2.24) is 25.1 Å². The first-order chi connectivity index (χ1) is 12.7. The molecule has 0 spiro atoms. The van der Waals surface area contributed by atoms with E-state index < -0.39 is 0 Å². The van der Waals surface area contributed by atoms with Gasteiger partial charge >= 0.3 is 0 Å². The van der Waals surface area contributed by atoms with Crippen molar-refractivity contribution in [2.24, 2.45) is 0 Å². The van der Waals surface area contributed by atoms with Crippen molar-refractivity contribution in [2.45, 2.75) is 68.4 Å². The molecule has 1 atom stereocenters. The number of rotatable bonds is 4. The lowest BCUT2D eigenvalue weighted by Crippen LogP contribution is -2.40. The van der Waals surface area contributed by atoms with Crippen LogP contribution in [-0.2, 0) is 17.8 Å². The third-order valence-corrected chi connectivity index (χ3v) is 6.49. The van der Waals surface area contributed by atoms with Crippen molar-refractivity contribution in [1.29, 1.82) is 0 Å². The van der Waals surface area contributed by atoms with Gasteiger partial charge < -0.3 is 4.90 Å². The van der Waals surface area contributed by atoms with Gasteiger partial charge in [-0.1, -0.05) is 55.3 Å². The number of fused-ring (bicyclic) bond motifs is 1. The highest BCUT2D eigenvalue weighted by molar-refractivity contribution is 8.00. The average Bonchev–Trinajstić information content (AvgIpc) is 3.15. The minimum absolute atomic E-state index is 0.169. The maximum Gasteiger partial charge on any atom is 0.236 e. The van der Waals surface area contributed by atoms with Gasteiger partial charge in [0.2, 0.25) is 11.1 Å². The Morgan fingerprint density at radius 3 is 2.77 bits per heavy atom. The van der Waals surface area contributed by atoms with Gasteiger partial charge in [-0.3, -0.25) is 4.79 Å². The SMILES string of the molecule is CC(Sc1nnnn1C1CCCCC1)C(=O)N1CCc2ccccc2C1. The Morgan fingerprint density at radius 2 is 1.96 bits per heavy atom. The van der Waals surface area contributed by atoms with E-state index >= 15 is 0 Å². The van der Waals surface area contributed by atoms with E-state index in [9.17, 15) is 4.79 Å². The molecule has 1 aromatic heterocycles. The second kappa shape index (κ2) is 7.78. The Hall–Kier alpha value is -1.89. The predicted octanol–water partition coefficient (Wildman–Crippen LogP) is 3.24. The van der Waals surface area contributed by atoms with Gasteiger partial charge in [0.05, 0.1) is 11.3 Å². The lowest BCUT2D eigenvalue weighted by Gasteiger charge is -2.30. The quantitative estimate of drug-likeness (QED) is 0.772. The van der Waals surface area contributed by atoms with Crippen LogP contribution in [0, 0.1) is 0 Å². The first kappa shape index (κ1) is 17.5. The third kappa shape index (κ3) is 3.63. The Kier molecular flexibility index (Phi) is 5.24. The number of aromatic nitrogens is 4. The van der Waals surface area contributed by atoms with E-state index in [-0.39, 0.29) is 11.2 Å². The highest BCUT2D eigenvalue weighted by Gasteiger charge is 2.28. The summed E-state index contributed by atoms with van der Waals surface area (Å²) in [5, 5.41) is 12.8. The summed E-state index contributed by atoms with van der Waals surface area (Å²) in [4.78, 5) is 14.9. The Bertz CT molecular complexity index is 771. The van der Waals surface area contributed by atoms with Crippen LogP contribution < -0.4 is 0 Å². The number of tetrazole rings is 1. The normalized spacial score (nSPS) is 19.2. The standard InChI is InChI=1S/C19H25N5OS/c1-14(18(25)23-12-11-15-7-5-6-8-16(15)13-23)26-19-20-21-22-24(19)17-9-3-2-4-10-17/h5-8,14,17H,2-4,9-13H2,1H3. The van der Waals surface area contributed by atoms with Crippen LogP contribution in [0.25, 0.3) is 0 Å². The maximum atomic E-state index is 12.9. The van der Waals surface area contributed by atoms with E-state index in [2.05, 4.69) is 33.7 Å².